The number of thiophene rings is 1. The van der Waals surface area contributed by atoms with Gasteiger partial charge in [0.2, 0.25) is 0 Å². The molecule has 1 aromatic heterocycles. The van der Waals surface area contributed by atoms with E-state index in [2.05, 4.69) is 35.1 Å². The van der Waals surface area contributed by atoms with E-state index in [1.54, 1.807) is 23.5 Å². The van der Waals surface area contributed by atoms with Crippen LogP contribution in [0.25, 0.3) is 0 Å². The van der Waals surface area contributed by atoms with Gasteiger partial charge < -0.3 is 15.7 Å². The molecule has 0 aliphatic heterocycles. The molecular formula is C19H25N3OS. The molecule has 0 amide bonds. The van der Waals surface area contributed by atoms with Gasteiger partial charge in [-0.25, -0.2) is 4.99 Å². The van der Waals surface area contributed by atoms with Crippen LogP contribution in [0.1, 0.15) is 37.5 Å². The molecule has 128 valence electrons. The van der Waals surface area contributed by atoms with Crippen molar-refractivity contribution in [3.05, 3.63) is 46.7 Å². The van der Waals surface area contributed by atoms with Gasteiger partial charge in [-0.15, -0.1) is 11.3 Å². The summed E-state index contributed by atoms with van der Waals surface area (Å²) in [6, 6.07) is 11.8. The lowest BCUT2D eigenvalue weighted by Crippen LogP contribution is -2.44. The maximum absolute atomic E-state index is 9.67. The molecule has 1 fully saturated rings. The van der Waals surface area contributed by atoms with E-state index in [-0.39, 0.29) is 5.75 Å². The zero-order chi connectivity index (χ0) is 16.8. The lowest BCUT2D eigenvalue weighted by molar-refractivity contribution is 0.308. The number of aromatic hydroxyl groups is 1. The molecule has 4 nitrogen and oxygen atoms in total. The third-order valence-electron chi connectivity index (χ3n) is 4.52. The second-order valence-corrected chi connectivity index (χ2v) is 7.46. The monoisotopic (exact) mass is 343 g/mol. The molecule has 2 unspecified atom stereocenters. The van der Waals surface area contributed by atoms with Crippen molar-refractivity contribution in [2.24, 2.45) is 10.9 Å². The number of anilines is 1. The summed E-state index contributed by atoms with van der Waals surface area (Å²) in [7, 11) is 0. The van der Waals surface area contributed by atoms with E-state index >= 15 is 0 Å². The molecule has 0 bridgehead atoms. The van der Waals surface area contributed by atoms with E-state index in [0.29, 0.717) is 18.5 Å². The van der Waals surface area contributed by atoms with Crippen LogP contribution >= 0.6 is 11.3 Å². The molecule has 0 saturated heterocycles. The highest BCUT2D eigenvalue weighted by atomic mass is 32.1. The van der Waals surface area contributed by atoms with Crippen molar-refractivity contribution in [2.45, 2.75) is 45.2 Å². The van der Waals surface area contributed by atoms with Gasteiger partial charge >= 0.3 is 0 Å². The van der Waals surface area contributed by atoms with Crippen molar-refractivity contribution in [1.29, 1.82) is 0 Å². The first kappa shape index (κ1) is 16.8. The average Bonchev–Trinajstić information content (AvgIpc) is 3.08. The van der Waals surface area contributed by atoms with Gasteiger partial charge in [0, 0.05) is 22.7 Å². The van der Waals surface area contributed by atoms with Crippen LogP contribution in [0.2, 0.25) is 0 Å². The second-order valence-electron chi connectivity index (χ2n) is 6.43. The SMILES string of the molecule is CC1CCCCC1NC(=NCc1cccs1)Nc1cccc(O)c1. The minimum Gasteiger partial charge on any atom is -0.508 e. The molecule has 3 N–H and O–H groups in total. The second kappa shape index (κ2) is 8.20. The molecule has 2 atom stereocenters. The van der Waals surface area contributed by atoms with Crippen molar-refractivity contribution < 1.29 is 5.11 Å². The molecule has 24 heavy (non-hydrogen) atoms. The van der Waals surface area contributed by atoms with Gasteiger partial charge in [0.05, 0.1) is 6.54 Å². The van der Waals surface area contributed by atoms with Gasteiger partial charge in [-0.05, 0) is 42.3 Å². The summed E-state index contributed by atoms with van der Waals surface area (Å²) in [5, 5.41) is 18.7. The Morgan fingerprint density at radius 1 is 1.25 bits per heavy atom. The molecule has 5 heteroatoms. The first-order chi connectivity index (χ1) is 11.7. The number of rotatable bonds is 4. The van der Waals surface area contributed by atoms with E-state index in [4.69, 9.17) is 4.99 Å². The fraction of sp³-hybridized carbons (Fsp3) is 0.421. The predicted octanol–water partition coefficient (Wildman–Crippen LogP) is 4.59. The number of nitrogens with zero attached hydrogens (tertiary/aromatic N) is 1. The molecule has 1 aliphatic carbocycles. The van der Waals surface area contributed by atoms with Crippen LogP contribution in [0, 0.1) is 5.92 Å². The Bertz CT molecular complexity index is 669. The van der Waals surface area contributed by atoms with Gasteiger partial charge in [0.25, 0.3) is 0 Å². The molecule has 2 aromatic rings. The van der Waals surface area contributed by atoms with Crippen molar-refractivity contribution >= 4 is 23.0 Å². The fourth-order valence-electron chi connectivity index (χ4n) is 3.11. The maximum atomic E-state index is 9.67. The van der Waals surface area contributed by atoms with Crippen molar-refractivity contribution in [2.75, 3.05) is 5.32 Å². The van der Waals surface area contributed by atoms with Crippen LogP contribution < -0.4 is 10.6 Å². The van der Waals surface area contributed by atoms with Gasteiger partial charge in [0.15, 0.2) is 5.96 Å². The Morgan fingerprint density at radius 2 is 2.12 bits per heavy atom. The summed E-state index contributed by atoms with van der Waals surface area (Å²) in [6.45, 7) is 2.97. The Balaban J connectivity index is 1.73. The molecule has 1 aliphatic rings. The number of hydrogen-bond acceptors (Lipinski definition) is 3. The topological polar surface area (TPSA) is 56.7 Å². The summed E-state index contributed by atoms with van der Waals surface area (Å²) in [5.74, 6) is 1.69. The summed E-state index contributed by atoms with van der Waals surface area (Å²) >= 11 is 1.72. The highest BCUT2D eigenvalue weighted by Crippen LogP contribution is 2.24. The summed E-state index contributed by atoms with van der Waals surface area (Å²) in [4.78, 5) is 5.98. The highest BCUT2D eigenvalue weighted by molar-refractivity contribution is 7.09. The number of phenolic OH excluding ortho intramolecular Hbond substituents is 1. The Kier molecular flexibility index (Phi) is 5.75. The summed E-state index contributed by atoms with van der Waals surface area (Å²) < 4.78 is 0. The zero-order valence-corrected chi connectivity index (χ0v) is 14.9. The van der Waals surface area contributed by atoms with E-state index in [1.807, 2.05) is 12.1 Å². The summed E-state index contributed by atoms with van der Waals surface area (Å²) in [6.07, 6.45) is 5.04. The average molecular weight is 343 g/mol. The van der Waals surface area contributed by atoms with E-state index in [9.17, 15) is 5.11 Å². The van der Waals surface area contributed by atoms with Crippen LogP contribution in [0.3, 0.4) is 0 Å². The smallest absolute Gasteiger partial charge is 0.196 e. The number of nitrogens with one attached hydrogen (secondary N) is 2. The number of phenols is 1. The molecule has 0 radical (unpaired) electrons. The number of benzene rings is 1. The van der Waals surface area contributed by atoms with Gasteiger partial charge in [0.1, 0.15) is 5.75 Å². The Morgan fingerprint density at radius 3 is 2.88 bits per heavy atom. The molecule has 0 spiro atoms. The highest BCUT2D eigenvalue weighted by Gasteiger charge is 2.22. The first-order valence-electron chi connectivity index (χ1n) is 8.60. The number of guanidine groups is 1. The maximum Gasteiger partial charge on any atom is 0.196 e. The molecule has 1 saturated carbocycles. The van der Waals surface area contributed by atoms with Crippen LogP contribution in [0.4, 0.5) is 5.69 Å². The standard InChI is InChI=1S/C19H25N3OS/c1-14-6-2-3-10-18(14)22-19(20-13-17-9-5-11-24-17)21-15-7-4-8-16(23)12-15/h4-5,7-9,11-12,14,18,23H,2-3,6,10,13H2,1H3,(H2,20,21,22). The molecule has 1 aromatic carbocycles. The van der Waals surface area contributed by atoms with Crippen molar-refractivity contribution in [3.63, 3.8) is 0 Å². The lowest BCUT2D eigenvalue weighted by Gasteiger charge is -2.31. The third-order valence-corrected chi connectivity index (χ3v) is 5.38. The normalized spacial score (nSPS) is 21.5. The van der Waals surface area contributed by atoms with Crippen molar-refractivity contribution in [1.82, 2.24) is 5.32 Å². The van der Waals surface area contributed by atoms with E-state index in [1.165, 1.54) is 30.6 Å². The third kappa shape index (κ3) is 4.74. The van der Waals surface area contributed by atoms with E-state index in [0.717, 1.165) is 11.6 Å². The Hall–Kier alpha value is -2.01. The molecule has 3 rings (SSSR count). The van der Waals surface area contributed by atoms with Gasteiger partial charge in [-0.1, -0.05) is 31.9 Å². The minimum absolute atomic E-state index is 0.253. The van der Waals surface area contributed by atoms with Crippen LogP contribution in [-0.2, 0) is 6.54 Å². The number of aliphatic imine (C=N–C) groups is 1. The lowest BCUT2D eigenvalue weighted by atomic mass is 9.86. The fourth-order valence-corrected chi connectivity index (χ4v) is 3.74. The van der Waals surface area contributed by atoms with Crippen LogP contribution in [0.15, 0.2) is 46.8 Å². The quantitative estimate of drug-likeness (QED) is 0.562. The van der Waals surface area contributed by atoms with E-state index < -0.39 is 0 Å². The molecular weight excluding hydrogens is 318 g/mol. The Labute approximate surface area is 147 Å². The molecule has 1 heterocycles. The minimum atomic E-state index is 0.253. The predicted molar refractivity (Wildman–Crippen MR) is 102 cm³/mol. The van der Waals surface area contributed by atoms with Gasteiger partial charge in [-0.3, -0.25) is 0 Å². The number of hydrogen-bond donors (Lipinski definition) is 3. The summed E-state index contributed by atoms with van der Waals surface area (Å²) in [5.41, 5.74) is 0.843. The van der Waals surface area contributed by atoms with Gasteiger partial charge in [-0.2, -0.15) is 0 Å². The zero-order valence-electron chi connectivity index (χ0n) is 14.0. The first-order valence-corrected chi connectivity index (χ1v) is 9.48. The van der Waals surface area contributed by atoms with Crippen molar-refractivity contribution in [3.8, 4) is 5.75 Å². The van der Waals surface area contributed by atoms with Crippen LogP contribution in [-0.4, -0.2) is 17.1 Å². The van der Waals surface area contributed by atoms with Crippen LogP contribution in [0.5, 0.6) is 5.75 Å². The largest absolute Gasteiger partial charge is 0.508 e.